The van der Waals surface area contributed by atoms with Crippen molar-refractivity contribution in [1.82, 2.24) is 4.90 Å². The van der Waals surface area contributed by atoms with Crippen LogP contribution in [-0.4, -0.2) is 56.3 Å². The number of anilines is 1. The summed E-state index contributed by atoms with van der Waals surface area (Å²) in [5.74, 6) is -2.72. The van der Waals surface area contributed by atoms with Crippen LogP contribution in [-0.2, 0) is 20.7 Å². The van der Waals surface area contributed by atoms with Gasteiger partial charge in [0.05, 0.1) is 21.6 Å². The van der Waals surface area contributed by atoms with Gasteiger partial charge in [-0.1, -0.05) is 25.7 Å². The zero-order valence-corrected chi connectivity index (χ0v) is 21.0. The number of rotatable bonds is 7. The Bertz CT molecular complexity index is 1130. The van der Waals surface area contributed by atoms with Crippen molar-refractivity contribution < 1.29 is 37.7 Å². The van der Waals surface area contributed by atoms with Gasteiger partial charge in [-0.05, 0) is 41.8 Å². The number of carbonyl (C=O) groups is 3. The van der Waals surface area contributed by atoms with Crippen molar-refractivity contribution in [3.05, 3.63) is 53.1 Å². The first-order chi connectivity index (χ1) is 16.4. The van der Waals surface area contributed by atoms with E-state index in [1.807, 2.05) is 19.6 Å². The summed E-state index contributed by atoms with van der Waals surface area (Å²) in [4.78, 5) is 38.0. The summed E-state index contributed by atoms with van der Waals surface area (Å²) in [7, 11) is -0.799. The van der Waals surface area contributed by atoms with E-state index in [1.165, 1.54) is 12.0 Å². The number of ether oxygens (including phenoxy) is 2. The molecular weight excluding hydrogens is 478 g/mol. The SMILES string of the molecule is COc1ccc2c(c1)CCN(C(=O)OCCC(=O)O)[C@H]2C(=O)Nc1cc(F)c([Si](C)(C)C)c(F)c1. The van der Waals surface area contributed by atoms with Crippen LogP contribution in [0.4, 0.5) is 19.3 Å². The van der Waals surface area contributed by atoms with Gasteiger partial charge in [0, 0.05) is 17.4 Å². The van der Waals surface area contributed by atoms with Crippen molar-refractivity contribution in [2.45, 2.75) is 38.5 Å². The van der Waals surface area contributed by atoms with Crippen molar-refractivity contribution >= 4 is 36.9 Å². The van der Waals surface area contributed by atoms with Gasteiger partial charge in [-0.2, -0.15) is 0 Å². The first-order valence-corrected chi connectivity index (χ1v) is 14.5. The first kappa shape index (κ1) is 26.1. The van der Waals surface area contributed by atoms with E-state index < -0.39 is 43.7 Å². The lowest BCUT2D eigenvalue weighted by Crippen LogP contribution is -2.46. The van der Waals surface area contributed by atoms with Crippen molar-refractivity contribution in [1.29, 1.82) is 0 Å². The second kappa shape index (κ2) is 10.4. The molecule has 11 heteroatoms. The number of hydrogen-bond acceptors (Lipinski definition) is 5. The molecule has 188 valence electrons. The number of methoxy groups -OCH3 is 1. The molecule has 0 fully saturated rings. The molecule has 35 heavy (non-hydrogen) atoms. The topological polar surface area (TPSA) is 105 Å². The summed E-state index contributed by atoms with van der Waals surface area (Å²) >= 11 is 0. The summed E-state index contributed by atoms with van der Waals surface area (Å²) in [6.07, 6.45) is -0.843. The molecule has 0 bridgehead atoms. The van der Waals surface area contributed by atoms with Crippen LogP contribution in [0.25, 0.3) is 0 Å². The van der Waals surface area contributed by atoms with Crippen LogP contribution in [0.15, 0.2) is 30.3 Å². The predicted molar refractivity (Wildman–Crippen MR) is 128 cm³/mol. The van der Waals surface area contributed by atoms with Crippen LogP contribution >= 0.6 is 0 Å². The van der Waals surface area contributed by atoms with E-state index in [2.05, 4.69) is 5.32 Å². The molecule has 2 aromatic rings. The Balaban J connectivity index is 1.93. The number of fused-ring (bicyclic) bond motifs is 1. The molecule has 0 aromatic heterocycles. The smallest absolute Gasteiger partial charge is 0.410 e. The minimum absolute atomic E-state index is 0.0363. The third-order valence-corrected chi connectivity index (χ3v) is 7.64. The summed E-state index contributed by atoms with van der Waals surface area (Å²) in [6.45, 7) is 5.19. The number of benzene rings is 2. The Labute approximate surface area is 202 Å². The lowest BCUT2D eigenvalue weighted by Gasteiger charge is -2.35. The van der Waals surface area contributed by atoms with Gasteiger partial charge in [-0.25, -0.2) is 13.6 Å². The fraction of sp³-hybridized carbons (Fsp3) is 0.375. The number of carbonyl (C=O) groups excluding carboxylic acids is 2. The number of halogens is 2. The van der Waals surface area contributed by atoms with Crippen LogP contribution < -0.4 is 15.2 Å². The maximum atomic E-state index is 14.7. The second-order valence-corrected chi connectivity index (χ2v) is 14.2. The van der Waals surface area contributed by atoms with Gasteiger partial charge < -0.3 is 19.9 Å². The predicted octanol–water partition coefficient (Wildman–Crippen LogP) is 3.67. The standard InChI is InChI=1S/C24H28F2N2O6Si/c1-33-16-5-6-17-14(11-16)7-9-28(24(32)34-10-8-20(29)30)21(17)23(31)27-15-12-18(25)22(19(26)13-15)35(2,3)4/h5-6,11-13,21H,7-10H2,1-4H3,(H,27,31)(H,29,30)/t21-/m1/s1. The molecule has 2 amide bonds. The first-order valence-electron chi connectivity index (χ1n) is 11.0. The highest BCUT2D eigenvalue weighted by Gasteiger charge is 2.37. The van der Waals surface area contributed by atoms with Crippen molar-refractivity contribution in [3.8, 4) is 5.75 Å². The fourth-order valence-corrected chi connectivity index (χ4v) is 5.67. The molecule has 8 nitrogen and oxygen atoms in total. The average Bonchev–Trinajstić information content (AvgIpc) is 2.75. The Morgan fingerprint density at radius 2 is 1.80 bits per heavy atom. The van der Waals surface area contributed by atoms with E-state index in [-0.39, 0.29) is 30.4 Å². The van der Waals surface area contributed by atoms with Gasteiger partial charge in [0.1, 0.15) is 30.0 Å². The van der Waals surface area contributed by atoms with Gasteiger partial charge in [0.15, 0.2) is 0 Å². The molecule has 3 rings (SSSR count). The molecule has 0 unspecified atom stereocenters. The summed E-state index contributed by atoms with van der Waals surface area (Å²) in [6, 6.07) is 6.02. The third kappa shape index (κ3) is 5.97. The maximum Gasteiger partial charge on any atom is 0.410 e. The molecule has 0 aliphatic carbocycles. The molecule has 0 spiro atoms. The Hall–Kier alpha value is -3.47. The van der Waals surface area contributed by atoms with Crippen LogP contribution in [0.3, 0.4) is 0 Å². The molecular formula is C24H28F2N2O6Si. The van der Waals surface area contributed by atoms with E-state index in [4.69, 9.17) is 14.6 Å². The molecule has 0 radical (unpaired) electrons. The lowest BCUT2D eigenvalue weighted by molar-refractivity contribution is -0.138. The van der Waals surface area contributed by atoms with Gasteiger partial charge >= 0.3 is 12.1 Å². The molecule has 0 saturated heterocycles. The Morgan fingerprint density at radius 1 is 1.14 bits per heavy atom. The maximum absolute atomic E-state index is 14.7. The summed E-state index contributed by atoms with van der Waals surface area (Å²) < 4.78 is 39.8. The average molecular weight is 507 g/mol. The van der Waals surface area contributed by atoms with Crippen molar-refractivity contribution in [2.24, 2.45) is 0 Å². The number of aliphatic carboxylic acids is 1. The molecule has 1 heterocycles. The van der Waals surface area contributed by atoms with E-state index in [1.54, 1.807) is 18.2 Å². The molecule has 2 aromatic carbocycles. The number of carboxylic acid groups (broad SMARTS) is 1. The normalized spacial score (nSPS) is 15.3. The molecule has 1 aliphatic heterocycles. The Kier molecular flexibility index (Phi) is 7.79. The van der Waals surface area contributed by atoms with Crippen LogP contribution in [0, 0.1) is 11.6 Å². The second-order valence-electron chi connectivity index (χ2n) is 9.22. The van der Waals surface area contributed by atoms with E-state index in [9.17, 15) is 23.2 Å². The van der Waals surface area contributed by atoms with E-state index in [0.29, 0.717) is 17.7 Å². The van der Waals surface area contributed by atoms with Gasteiger partial charge in [0.25, 0.3) is 5.91 Å². The molecule has 0 saturated carbocycles. The minimum Gasteiger partial charge on any atom is -0.497 e. The highest BCUT2D eigenvalue weighted by Crippen LogP contribution is 2.34. The van der Waals surface area contributed by atoms with Crippen LogP contribution in [0.2, 0.25) is 19.6 Å². The van der Waals surface area contributed by atoms with Gasteiger partial charge in [0.2, 0.25) is 0 Å². The quantitative estimate of drug-likeness (QED) is 0.556. The van der Waals surface area contributed by atoms with Crippen molar-refractivity contribution in [2.75, 3.05) is 25.6 Å². The number of hydrogen-bond donors (Lipinski definition) is 2. The molecule has 1 aliphatic rings. The molecule has 1 atom stereocenters. The van der Waals surface area contributed by atoms with Gasteiger partial charge in [-0.3, -0.25) is 14.5 Å². The third-order valence-electron chi connectivity index (χ3n) is 5.66. The number of amides is 2. The number of carboxylic acids is 1. The fourth-order valence-electron chi connectivity index (χ4n) is 4.09. The van der Waals surface area contributed by atoms with E-state index in [0.717, 1.165) is 17.7 Å². The number of nitrogens with one attached hydrogen (secondary N) is 1. The van der Waals surface area contributed by atoms with Gasteiger partial charge in [-0.15, -0.1) is 0 Å². The highest BCUT2D eigenvalue weighted by molar-refractivity contribution is 6.88. The van der Waals surface area contributed by atoms with Crippen LogP contribution in [0.5, 0.6) is 5.75 Å². The zero-order chi connectivity index (χ0) is 25.9. The van der Waals surface area contributed by atoms with Crippen molar-refractivity contribution in [3.63, 3.8) is 0 Å². The zero-order valence-electron chi connectivity index (χ0n) is 20.0. The number of nitrogens with zero attached hydrogens (tertiary/aromatic N) is 1. The lowest BCUT2D eigenvalue weighted by atomic mass is 9.92. The minimum atomic E-state index is -2.31. The summed E-state index contributed by atoms with van der Waals surface area (Å²) in [5, 5.41) is 11.4. The van der Waals surface area contributed by atoms with E-state index >= 15 is 0 Å². The van der Waals surface area contributed by atoms with Crippen LogP contribution in [0.1, 0.15) is 23.6 Å². The largest absolute Gasteiger partial charge is 0.497 e. The molecule has 2 N–H and O–H groups in total. The highest BCUT2D eigenvalue weighted by atomic mass is 28.3. The Morgan fingerprint density at radius 3 is 2.37 bits per heavy atom. The monoisotopic (exact) mass is 506 g/mol. The summed E-state index contributed by atoms with van der Waals surface area (Å²) in [5.41, 5.74) is 1.20.